The van der Waals surface area contributed by atoms with Crippen LogP contribution in [-0.2, 0) is 6.42 Å². The Hall–Kier alpha value is -2.77. The summed E-state index contributed by atoms with van der Waals surface area (Å²) < 4.78 is 7.63. The fourth-order valence-electron chi connectivity index (χ4n) is 4.05. The van der Waals surface area contributed by atoms with Crippen molar-refractivity contribution in [1.29, 1.82) is 5.26 Å². The van der Waals surface area contributed by atoms with Crippen molar-refractivity contribution in [2.75, 3.05) is 26.7 Å². The Labute approximate surface area is 160 Å². The molecule has 27 heavy (non-hydrogen) atoms. The maximum atomic E-state index is 9.07. The maximum absolute atomic E-state index is 9.07. The van der Waals surface area contributed by atoms with Gasteiger partial charge in [0, 0.05) is 42.8 Å². The second kappa shape index (κ2) is 7.85. The van der Waals surface area contributed by atoms with Crippen LogP contribution in [0.2, 0.25) is 0 Å². The van der Waals surface area contributed by atoms with E-state index in [1.807, 2.05) is 24.3 Å². The molecule has 1 saturated heterocycles. The molecule has 1 aromatic heterocycles. The molecule has 0 radical (unpaired) electrons. The standard InChI is InChI=1S/C23H25N3O/c1-27-22-5-2-18(3-6-22)8-12-25-13-10-21(11-14-25)26-15-9-20-16-19(17-24)4-7-23(20)26/h2-7,9,15-16,21H,8,10-14H2,1H3. The van der Waals surface area contributed by atoms with Gasteiger partial charge in [0.2, 0.25) is 0 Å². The van der Waals surface area contributed by atoms with Crippen molar-refractivity contribution in [1.82, 2.24) is 9.47 Å². The number of likely N-dealkylation sites (tertiary alicyclic amines) is 1. The molecule has 0 atom stereocenters. The molecule has 0 spiro atoms. The van der Waals surface area contributed by atoms with E-state index in [1.54, 1.807) is 7.11 Å². The average Bonchev–Trinajstić information content (AvgIpc) is 3.16. The number of nitrogens with zero attached hydrogens (tertiary/aromatic N) is 3. The van der Waals surface area contributed by atoms with Crippen molar-refractivity contribution in [3.63, 3.8) is 0 Å². The highest BCUT2D eigenvalue weighted by atomic mass is 16.5. The van der Waals surface area contributed by atoms with Crippen molar-refractivity contribution < 1.29 is 4.74 Å². The summed E-state index contributed by atoms with van der Waals surface area (Å²) in [7, 11) is 1.70. The van der Waals surface area contributed by atoms with Crippen LogP contribution >= 0.6 is 0 Å². The summed E-state index contributed by atoms with van der Waals surface area (Å²) in [6.45, 7) is 3.38. The molecular formula is C23H25N3O. The van der Waals surface area contributed by atoms with Gasteiger partial charge >= 0.3 is 0 Å². The first-order valence-electron chi connectivity index (χ1n) is 9.63. The van der Waals surface area contributed by atoms with Gasteiger partial charge in [0.1, 0.15) is 5.75 Å². The summed E-state index contributed by atoms with van der Waals surface area (Å²) in [6, 6.07) is 19.3. The van der Waals surface area contributed by atoms with Crippen molar-refractivity contribution in [3.05, 3.63) is 65.9 Å². The summed E-state index contributed by atoms with van der Waals surface area (Å²) in [5.74, 6) is 0.917. The third kappa shape index (κ3) is 3.84. The van der Waals surface area contributed by atoms with Crippen molar-refractivity contribution in [2.24, 2.45) is 0 Å². The number of ether oxygens (including phenoxy) is 1. The summed E-state index contributed by atoms with van der Waals surface area (Å²) in [5, 5.41) is 10.2. The van der Waals surface area contributed by atoms with Gasteiger partial charge in [-0.2, -0.15) is 5.26 Å². The van der Waals surface area contributed by atoms with E-state index in [0.29, 0.717) is 6.04 Å². The predicted molar refractivity (Wildman–Crippen MR) is 108 cm³/mol. The molecule has 0 aliphatic carbocycles. The summed E-state index contributed by atoms with van der Waals surface area (Å²) in [4.78, 5) is 2.57. The van der Waals surface area contributed by atoms with E-state index in [4.69, 9.17) is 10.00 Å². The monoisotopic (exact) mass is 359 g/mol. The second-order valence-corrected chi connectivity index (χ2v) is 7.28. The topological polar surface area (TPSA) is 41.2 Å². The van der Waals surface area contributed by atoms with Crippen LogP contribution in [0.15, 0.2) is 54.7 Å². The number of hydrogen-bond donors (Lipinski definition) is 0. The highest BCUT2D eigenvalue weighted by Crippen LogP contribution is 2.28. The molecule has 0 amide bonds. The van der Waals surface area contributed by atoms with Crippen LogP contribution in [0.3, 0.4) is 0 Å². The normalized spacial score (nSPS) is 15.7. The Kier molecular flexibility index (Phi) is 5.13. The molecule has 4 rings (SSSR count). The molecule has 1 aliphatic rings. The first-order chi connectivity index (χ1) is 13.3. The Morgan fingerprint density at radius 1 is 1.07 bits per heavy atom. The average molecular weight is 359 g/mol. The lowest BCUT2D eigenvalue weighted by Crippen LogP contribution is -2.35. The Balaban J connectivity index is 1.34. The number of aromatic nitrogens is 1. The molecule has 1 aliphatic heterocycles. The van der Waals surface area contributed by atoms with E-state index in [0.717, 1.165) is 42.8 Å². The quantitative estimate of drug-likeness (QED) is 0.678. The van der Waals surface area contributed by atoms with Gasteiger partial charge in [-0.1, -0.05) is 12.1 Å². The fraction of sp³-hybridized carbons (Fsp3) is 0.348. The van der Waals surface area contributed by atoms with Crippen LogP contribution in [0.25, 0.3) is 10.9 Å². The van der Waals surface area contributed by atoms with Gasteiger partial charge in [0.25, 0.3) is 0 Å². The lowest BCUT2D eigenvalue weighted by atomic mass is 10.0. The molecule has 4 nitrogen and oxygen atoms in total. The van der Waals surface area contributed by atoms with Crippen LogP contribution in [0.5, 0.6) is 5.75 Å². The molecule has 2 heterocycles. The molecule has 0 N–H and O–H groups in total. The minimum Gasteiger partial charge on any atom is -0.497 e. The number of benzene rings is 2. The first kappa shape index (κ1) is 17.6. The van der Waals surface area contributed by atoms with Gasteiger partial charge in [-0.25, -0.2) is 0 Å². The molecule has 2 aromatic carbocycles. The van der Waals surface area contributed by atoms with E-state index in [9.17, 15) is 0 Å². The van der Waals surface area contributed by atoms with E-state index >= 15 is 0 Å². The smallest absolute Gasteiger partial charge is 0.118 e. The van der Waals surface area contributed by atoms with Gasteiger partial charge < -0.3 is 14.2 Å². The molecule has 0 unspecified atom stereocenters. The number of rotatable bonds is 5. The molecular weight excluding hydrogens is 334 g/mol. The first-order valence-corrected chi connectivity index (χ1v) is 9.63. The number of piperidine rings is 1. The number of hydrogen-bond acceptors (Lipinski definition) is 3. The van der Waals surface area contributed by atoms with Gasteiger partial charge in [0.15, 0.2) is 0 Å². The summed E-state index contributed by atoms with van der Waals surface area (Å²) >= 11 is 0. The van der Waals surface area contributed by atoms with Gasteiger partial charge in [-0.15, -0.1) is 0 Å². The van der Waals surface area contributed by atoms with E-state index in [2.05, 4.69) is 46.0 Å². The predicted octanol–water partition coefficient (Wildman–Crippen LogP) is 4.40. The zero-order chi connectivity index (χ0) is 18.6. The van der Waals surface area contributed by atoms with Crippen LogP contribution in [0, 0.1) is 11.3 Å². The van der Waals surface area contributed by atoms with Gasteiger partial charge in [0.05, 0.1) is 18.7 Å². The molecule has 138 valence electrons. The van der Waals surface area contributed by atoms with E-state index < -0.39 is 0 Å². The highest BCUT2D eigenvalue weighted by molar-refractivity contribution is 5.81. The molecule has 1 fully saturated rings. The fourth-order valence-corrected chi connectivity index (χ4v) is 4.05. The lowest BCUT2D eigenvalue weighted by molar-refractivity contribution is 0.190. The Morgan fingerprint density at radius 3 is 2.56 bits per heavy atom. The van der Waals surface area contributed by atoms with Crippen molar-refractivity contribution in [3.8, 4) is 11.8 Å². The zero-order valence-corrected chi connectivity index (χ0v) is 15.8. The van der Waals surface area contributed by atoms with Crippen LogP contribution in [0.4, 0.5) is 0 Å². The summed E-state index contributed by atoms with van der Waals surface area (Å²) in [6.07, 6.45) is 5.61. The minimum atomic E-state index is 0.549. The maximum Gasteiger partial charge on any atom is 0.118 e. The zero-order valence-electron chi connectivity index (χ0n) is 15.8. The van der Waals surface area contributed by atoms with Gasteiger partial charge in [-0.3, -0.25) is 0 Å². The lowest BCUT2D eigenvalue weighted by Gasteiger charge is -2.33. The number of nitriles is 1. The second-order valence-electron chi connectivity index (χ2n) is 7.28. The largest absolute Gasteiger partial charge is 0.497 e. The molecule has 4 heteroatoms. The SMILES string of the molecule is COc1ccc(CCN2CCC(n3ccc4cc(C#N)ccc43)CC2)cc1. The van der Waals surface area contributed by atoms with Crippen molar-refractivity contribution in [2.45, 2.75) is 25.3 Å². The van der Waals surface area contributed by atoms with E-state index in [-0.39, 0.29) is 0 Å². The van der Waals surface area contributed by atoms with Crippen LogP contribution < -0.4 is 4.74 Å². The highest BCUT2D eigenvalue weighted by Gasteiger charge is 2.21. The third-order valence-corrected chi connectivity index (χ3v) is 5.68. The number of fused-ring (bicyclic) bond motifs is 1. The third-order valence-electron chi connectivity index (χ3n) is 5.68. The Morgan fingerprint density at radius 2 is 1.85 bits per heavy atom. The van der Waals surface area contributed by atoms with Gasteiger partial charge in [-0.05, 0) is 61.2 Å². The van der Waals surface area contributed by atoms with Crippen molar-refractivity contribution >= 4 is 10.9 Å². The molecule has 3 aromatic rings. The van der Waals surface area contributed by atoms with E-state index in [1.165, 1.54) is 23.9 Å². The molecule has 0 bridgehead atoms. The minimum absolute atomic E-state index is 0.549. The number of methoxy groups -OCH3 is 1. The summed E-state index contributed by atoms with van der Waals surface area (Å²) in [5.41, 5.74) is 3.34. The van der Waals surface area contributed by atoms with Crippen LogP contribution in [-0.4, -0.2) is 36.2 Å². The Bertz CT molecular complexity index is 944. The van der Waals surface area contributed by atoms with Crippen LogP contribution in [0.1, 0.15) is 30.0 Å². The molecule has 0 saturated carbocycles.